The smallest absolute Gasteiger partial charge is 0.238 e. The van der Waals surface area contributed by atoms with Crippen molar-refractivity contribution in [3.8, 4) is 0 Å². The van der Waals surface area contributed by atoms with Crippen LogP contribution >= 0.6 is 31.9 Å². The Morgan fingerprint density at radius 2 is 1.59 bits per heavy atom. The molecule has 0 unspecified atom stereocenters. The molecule has 3 rings (SSSR count). The van der Waals surface area contributed by atoms with Gasteiger partial charge in [0.1, 0.15) is 0 Å². The largest absolute Gasteiger partial charge is 0.323 e. The van der Waals surface area contributed by atoms with Gasteiger partial charge in [0.2, 0.25) is 5.91 Å². The minimum absolute atomic E-state index is 0.0259. The molecule has 1 N–H and O–H groups in total. The molecule has 0 aliphatic carbocycles. The zero-order valence-corrected chi connectivity index (χ0v) is 18.7. The fourth-order valence-electron chi connectivity index (χ4n) is 3.30. The molecule has 2 aromatic rings. The Morgan fingerprint density at radius 3 is 2.22 bits per heavy atom. The van der Waals surface area contributed by atoms with Gasteiger partial charge in [0.05, 0.1) is 12.2 Å². The van der Waals surface area contributed by atoms with Crippen LogP contribution in [0.4, 0.5) is 5.69 Å². The first-order chi connectivity index (χ1) is 13.0. The molecule has 1 heterocycles. The summed E-state index contributed by atoms with van der Waals surface area (Å²) < 4.78 is 1.79. The van der Waals surface area contributed by atoms with E-state index in [0.717, 1.165) is 59.3 Å². The van der Waals surface area contributed by atoms with Crippen molar-refractivity contribution in [2.24, 2.45) is 0 Å². The monoisotopic (exact) mass is 493 g/mol. The van der Waals surface area contributed by atoms with E-state index in [4.69, 9.17) is 0 Å². The van der Waals surface area contributed by atoms with Crippen LogP contribution in [0.2, 0.25) is 0 Å². The highest BCUT2D eigenvalue weighted by atomic mass is 79.9. The average molecular weight is 495 g/mol. The Morgan fingerprint density at radius 1 is 1.00 bits per heavy atom. The van der Waals surface area contributed by atoms with Gasteiger partial charge in [-0.25, -0.2) is 0 Å². The molecule has 0 bridgehead atoms. The Kier molecular flexibility index (Phi) is 7.47. The number of amides is 1. The standard InChI is InChI=1S/C21H25Br2N3O/c1-16-13-18(22)21(19(23)14-16)24-20(27)15-26-11-9-25(10-12-26)8-7-17-5-3-2-4-6-17/h2-6,13-14H,7-12,15H2,1H3,(H,24,27). The molecular weight excluding hydrogens is 470 g/mol. The number of piperazine rings is 1. The maximum Gasteiger partial charge on any atom is 0.238 e. The number of carbonyl (C=O) groups excluding carboxylic acids is 1. The van der Waals surface area contributed by atoms with E-state index in [9.17, 15) is 4.79 Å². The van der Waals surface area contributed by atoms with E-state index in [-0.39, 0.29) is 5.91 Å². The fraction of sp³-hybridized carbons (Fsp3) is 0.381. The third-order valence-corrected chi connectivity index (χ3v) is 6.09. The van der Waals surface area contributed by atoms with Gasteiger partial charge in [0, 0.05) is 41.7 Å². The molecule has 1 aliphatic heterocycles. The van der Waals surface area contributed by atoms with Gasteiger partial charge in [-0.1, -0.05) is 30.3 Å². The molecule has 27 heavy (non-hydrogen) atoms. The predicted molar refractivity (Wildman–Crippen MR) is 118 cm³/mol. The number of rotatable bonds is 6. The quantitative estimate of drug-likeness (QED) is 0.649. The molecule has 1 fully saturated rings. The number of hydrogen-bond donors (Lipinski definition) is 1. The summed E-state index contributed by atoms with van der Waals surface area (Å²) in [5, 5.41) is 3.02. The summed E-state index contributed by atoms with van der Waals surface area (Å²) >= 11 is 7.06. The van der Waals surface area contributed by atoms with Crippen molar-refractivity contribution in [3.05, 3.63) is 62.5 Å². The first-order valence-corrected chi connectivity index (χ1v) is 10.8. The summed E-state index contributed by atoms with van der Waals surface area (Å²) in [4.78, 5) is 17.2. The third kappa shape index (κ3) is 6.14. The molecule has 6 heteroatoms. The van der Waals surface area contributed by atoms with Crippen LogP contribution < -0.4 is 5.32 Å². The van der Waals surface area contributed by atoms with Crippen molar-refractivity contribution < 1.29 is 4.79 Å². The lowest BCUT2D eigenvalue weighted by Gasteiger charge is -2.34. The van der Waals surface area contributed by atoms with Crippen molar-refractivity contribution in [1.82, 2.24) is 9.80 Å². The molecule has 4 nitrogen and oxygen atoms in total. The topological polar surface area (TPSA) is 35.6 Å². The molecule has 0 radical (unpaired) electrons. The Hall–Kier alpha value is -1.21. The first-order valence-electron chi connectivity index (χ1n) is 9.25. The highest BCUT2D eigenvalue weighted by Crippen LogP contribution is 2.32. The van der Waals surface area contributed by atoms with E-state index in [0.29, 0.717) is 6.54 Å². The van der Waals surface area contributed by atoms with Gasteiger partial charge >= 0.3 is 0 Å². The Labute approximate surface area is 178 Å². The predicted octanol–water partition coefficient (Wildman–Crippen LogP) is 4.32. The average Bonchev–Trinajstić information content (AvgIpc) is 2.65. The molecule has 0 atom stereocenters. The van der Waals surface area contributed by atoms with Crippen LogP contribution in [0, 0.1) is 6.92 Å². The molecule has 0 saturated carbocycles. The van der Waals surface area contributed by atoms with Crippen molar-refractivity contribution in [2.45, 2.75) is 13.3 Å². The van der Waals surface area contributed by atoms with E-state index in [1.165, 1.54) is 5.56 Å². The molecule has 2 aromatic carbocycles. The van der Waals surface area contributed by atoms with Crippen LogP contribution in [0.15, 0.2) is 51.4 Å². The number of benzene rings is 2. The Balaban J connectivity index is 1.43. The molecule has 1 amide bonds. The van der Waals surface area contributed by atoms with Crippen molar-refractivity contribution in [2.75, 3.05) is 44.6 Å². The number of halogens is 2. The maximum atomic E-state index is 12.5. The number of anilines is 1. The zero-order valence-electron chi connectivity index (χ0n) is 15.5. The van der Waals surface area contributed by atoms with E-state index >= 15 is 0 Å². The second kappa shape index (κ2) is 9.82. The fourth-order valence-corrected chi connectivity index (χ4v) is 4.92. The lowest BCUT2D eigenvalue weighted by atomic mass is 10.1. The van der Waals surface area contributed by atoms with Crippen LogP contribution in [0.3, 0.4) is 0 Å². The van der Waals surface area contributed by atoms with Crippen molar-refractivity contribution in [1.29, 1.82) is 0 Å². The normalized spacial score (nSPS) is 15.7. The third-order valence-electron chi connectivity index (χ3n) is 4.84. The van der Waals surface area contributed by atoms with Gasteiger partial charge < -0.3 is 10.2 Å². The summed E-state index contributed by atoms with van der Waals surface area (Å²) in [5.74, 6) is 0.0259. The van der Waals surface area contributed by atoms with E-state index in [1.54, 1.807) is 0 Å². The van der Waals surface area contributed by atoms with Gasteiger partial charge in [-0.15, -0.1) is 0 Å². The van der Waals surface area contributed by atoms with Gasteiger partial charge in [-0.05, 0) is 68.5 Å². The van der Waals surface area contributed by atoms with Crippen LogP contribution in [0.5, 0.6) is 0 Å². The number of carbonyl (C=O) groups is 1. The number of hydrogen-bond acceptors (Lipinski definition) is 3. The first kappa shape index (κ1) is 20.5. The van der Waals surface area contributed by atoms with E-state index in [2.05, 4.69) is 77.3 Å². The molecule has 0 aromatic heterocycles. The van der Waals surface area contributed by atoms with Gasteiger partial charge in [0.15, 0.2) is 0 Å². The lowest BCUT2D eigenvalue weighted by Crippen LogP contribution is -2.49. The van der Waals surface area contributed by atoms with Crippen molar-refractivity contribution >= 4 is 43.5 Å². The van der Waals surface area contributed by atoms with Gasteiger partial charge in [-0.2, -0.15) is 0 Å². The van der Waals surface area contributed by atoms with Gasteiger partial charge in [-0.3, -0.25) is 9.69 Å². The summed E-state index contributed by atoms with van der Waals surface area (Å²) in [5.41, 5.74) is 3.32. The molecule has 1 saturated heterocycles. The minimum atomic E-state index is 0.0259. The lowest BCUT2D eigenvalue weighted by molar-refractivity contribution is -0.117. The van der Waals surface area contributed by atoms with E-state index in [1.807, 2.05) is 19.1 Å². The molecular formula is C21H25Br2N3O. The number of aryl methyl sites for hydroxylation is 1. The van der Waals surface area contributed by atoms with Crippen LogP contribution in [0.1, 0.15) is 11.1 Å². The number of nitrogens with one attached hydrogen (secondary N) is 1. The minimum Gasteiger partial charge on any atom is -0.323 e. The summed E-state index contributed by atoms with van der Waals surface area (Å²) in [7, 11) is 0. The van der Waals surface area contributed by atoms with Gasteiger partial charge in [0.25, 0.3) is 0 Å². The summed E-state index contributed by atoms with van der Waals surface area (Å²) in [6.45, 7) is 7.41. The highest BCUT2D eigenvalue weighted by molar-refractivity contribution is 9.11. The second-order valence-electron chi connectivity index (χ2n) is 7.01. The summed E-state index contributed by atoms with van der Waals surface area (Å²) in [6, 6.07) is 14.6. The van der Waals surface area contributed by atoms with Crippen molar-refractivity contribution in [3.63, 3.8) is 0 Å². The molecule has 144 valence electrons. The highest BCUT2D eigenvalue weighted by Gasteiger charge is 2.19. The van der Waals surface area contributed by atoms with E-state index < -0.39 is 0 Å². The van der Waals surface area contributed by atoms with Crippen LogP contribution in [-0.2, 0) is 11.2 Å². The maximum absolute atomic E-state index is 12.5. The zero-order chi connectivity index (χ0) is 19.2. The number of nitrogens with zero attached hydrogens (tertiary/aromatic N) is 2. The second-order valence-corrected chi connectivity index (χ2v) is 8.71. The summed E-state index contributed by atoms with van der Waals surface area (Å²) in [6.07, 6.45) is 1.08. The SMILES string of the molecule is Cc1cc(Br)c(NC(=O)CN2CCN(CCc3ccccc3)CC2)c(Br)c1. The van der Waals surface area contributed by atoms with Crippen LogP contribution in [-0.4, -0.2) is 55.0 Å². The molecule has 1 aliphatic rings. The Bertz CT molecular complexity index is 751. The molecule has 0 spiro atoms. The van der Waals surface area contributed by atoms with Crippen LogP contribution in [0.25, 0.3) is 0 Å².